The summed E-state index contributed by atoms with van der Waals surface area (Å²) in [6.45, 7) is 9.84. The van der Waals surface area contributed by atoms with Gasteiger partial charge in [0.15, 0.2) is 6.29 Å². The van der Waals surface area contributed by atoms with Gasteiger partial charge in [0, 0.05) is 18.3 Å². The summed E-state index contributed by atoms with van der Waals surface area (Å²) in [6, 6.07) is 0. The molecular formula is C33H55NaO12S. The number of ether oxygens (including phenoxy) is 2. The Bertz CT molecular complexity index is 1220. The minimum atomic E-state index is -4.80. The van der Waals surface area contributed by atoms with Gasteiger partial charge in [0.1, 0.15) is 18.3 Å². The van der Waals surface area contributed by atoms with Crippen LogP contribution in [0.25, 0.3) is 0 Å². The molecule has 12 nitrogen and oxygen atoms in total. The largest absolute Gasteiger partial charge is 1.00 e. The summed E-state index contributed by atoms with van der Waals surface area (Å²) in [4.78, 5) is 0. The zero-order valence-corrected chi connectivity index (χ0v) is 31.5. The molecule has 14 heteroatoms. The first-order valence-electron chi connectivity index (χ1n) is 17.0. The van der Waals surface area contributed by atoms with Crippen molar-refractivity contribution in [2.75, 3.05) is 13.2 Å². The molecule has 16 atom stereocenters. The van der Waals surface area contributed by atoms with E-state index in [4.69, 9.17) is 9.47 Å². The molecule has 4 saturated carbocycles. The Hall–Kier alpha value is 0.290. The number of fused-ring (bicyclic) bond motifs is 5. The van der Waals surface area contributed by atoms with Gasteiger partial charge < -0.3 is 44.7 Å². The second-order valence-corrected chi connectivity index (χ2v) is 17.0. The van der Waals surface area contributed by atoms with Gasteiger partial charge in [0.05, 0.1) is 37.1 Å². The summed E-state index contributed by atoms with van der Waals surface area (Å²) in [6.07, 6.45) is 0.934. The summed E-state index contributed by atoms with van der Waals surface area (Å²) >= 11 is 0. The third-order valence-electron chi connectivity index (χ3n) is 13.1. The molecule has 266 valence electrons. The van der Waals surface area contributed by atoms with Crippen molar-refractivity contribution >= 4 is 10.4 Å². The van der Waals surface area contributed by atoms with E-state index < -0.39 is 69.6 Å². The molecule has 6 N–H and O–H groups in total. The van der Waals surface area contributed by atoms with Crippen LogP contribution in [0.15, 0.2) is 12.2 Å². The van der Waals surface area contributed by atoms with E-state index in [1.165, 1.54) is 0 Å². The van der Waals surface area contributed by atoms with E-state index in [2.05, 4.69) is 25.0 Å². The first-order valence-corrected chi connectivity index (χ1v) is 18.3. The first-order chi connectivity index (χ1) is 21.3. The Labute approximate surface area is 301 Å². The maximum absolute atomic E-state index is 12.6. The molecule has 1 heterocycles. The molecule has 5 unspecified atom stereocenters. The van der Waals surface area contributed by atoms with Gasteiger partial charge in [-0.05, 0) is 78.9 Å². The average molecular weight is 699 g/mol. The van der Waals surface area contributed by atoms with Gasteiger partial charge in [-0.15, -0.1) is 0 Å². The van der Waals surface area contributed by atoms with E-state index in [0.29, 0.717) is 25.7 Å². The third-order valence-corrected chi connectivity index (χ3v) is 13.5. The van der Waals surface area contributed by atoms with Crippen LogP contribution >= 0.6 is 0 Å². The number of aliphatic hydroxyl groups excluding tert-OH is 5. The zero-order chi connectivity index (χ0) is 34.0. The minimum absolute atomic E-state index is 0. The zero-order valence-electron chi connectivity index (χ0n) is 28.6. The van der Waals surface area contributed by atoms with E-state index in [0.717, 1.165) is 12.8 Å². The molecule has 5 fully saturated rings. The molecule has 47 heavy (non-hydrogen) atoms. The van der Waals surface area contributed by atoms with Crippen molar-refractivity contribution in [1.82, 2.24) is 0 Å². The summed E-state index contributed by atoms with van der Waals surface area (Å²) in [5, 5.41) is 66.2. The van der Waals surface area contributed by atoms with Crippen LogP contribution in [0.4, 0.5) is 0 Å². The molecule has 0 aromatic carbocycles. The number of rotatable bonds is 9. The molecule has 0 amide bonds. The Morgan fingerprint density at radius 1 is 0.936 bits per heavy atom. The van der Waals surface area contributed by atoms with E-state index in [-0.39, 0.29) is 90.8 Å². The molecule has 0 aromatic rings. The summed E-state index contributed by atoms with van der Waals surface area (Å²) in [7, 11) is -4.80. The fraction of sp³-hybridized carbons (Fsp3) is 0.939. The molecule has 5 aliphatic rings. The second kappa shape index (κ2) is 14.7. The molecular weight excluding hydrogens is 643 g/mol. The molecule has 0 radical (unpaired) electrons. The SMILES string of the molecule is CC(C)[C@@H](/C=C/[C@@H](C)[C@H]1C[C@H](O)[C@@H]2[C@]1(C)CCC1[C@@]3(C)CC[C@H](OC4OCC(O)C(O)C4O)C[C@@H]3[C@H](O)C[C@]12O)COS(=O)(=O)[O-].[Na+]. The Morgan fingerprint density at radius 2 is 1.60 bits per heavy atom. The van der Waals surface area contributed by atoms with Gasteiger partial charge in [-0.3, -0.25) is 4.18 Å². The van der Waals surface area contributed by atoms with Crippen molar-refractivity contribution in [3.05, 3.63) is 12.2 Å². The van der Waals surface area contributed by atoms with E-state index in [9.17, 15) is 43.6 Å². The summed E-state index contributed by atoms with van der Waals surface area (Å²) < 4.78 is 49.2. The minimum Gasteiger partial charge on any atom is -0.726 e. The van der Waals surface area contributed by atoms with Gasteiger partial charge in [0.2, 0.25) is 10.4 Å². The van der Waals surface area contributed by atoms with Gasteiger partial charge >= 0.3 is 29.6 Å². The van der Waals surface area contributed by atoms with Crippen LogP contribution in [0, 0.1) is 52.3 Å². The standard InChI is InChI=1S/C33H56O12S.Na/c1-17(2)19(15-44-46(40,41)42)7-6-18(3)21-13-23(34)29-32(21,5)11-9-26-31(4)10-8-20(12-22(31)24(35)14-33(26,29)39)45-30-28(38)27(37)25(36)16-43-30;/h6-7,17-30,34-39H,8-16H2,1-5H3,(H,40,41,42);/q;+1/p-1/b7-6+;/t18-,19+,20+,21-,22-,23+,24-,25?,26?,27?,28?,29-,30?,31+,32-,33+;/m1./s1. The third kappa shape index (κ3) is 7.60. The number of hydrogen-bond donors (Lipinski definition) is 6. The molecule has 5 rings (SSSR count). The topological polar surface area (TPSA) is 206 Å². The predicted octanol–water partition coefficient (Wildman–Crippen LogP) is -1.53. The normalized spacial score (nSPS) is 48.3. The maximum atomic E-state index is 12.6. The van der Waals surface area contributed by atoms with Crippen LogP contribution in [0.2, 0.25) is 0 Å². The van der Waals surface area contributed by atoms with Crippen LogP contribution in [0.1, 0.15) is 79.6 Å². The van der Waals surface area contributed by atoms with Crippen LogP contribution in [-0.4, -0.2) is 105 Å². The van der Waals surface area contributed by atoms with Crippen molar-refractivity contribution in [2.24, 2.45) is 52.3 Å². The Balaban J connectivity index is 0.00000500. The molecule has 1 aliphatic heterocycles. The van der Waals surface area contributed by atoms with E-state index >= 15 is 0 Å². The van der Waals surface area contributed by atoms with Crippen molar-refractivity contribution in [3.8, 4) is 0 Å². The van der Waals surface area contributed by atoms with Crippen LogP contribution in [-0.2, 0) is 24.1 Å². The van der Waals surface area contributed by atoms with E-state index in [1.54, 1.807) is 0 Å². The van der Waals surface area contributed by atoms with Crippen LogP contribution < -0.4 is 29.6 Å². The van der Waals surface area contributed by atoms with Crippen molar-refractivity contribution in [1.29, 1.82) is 0 Å². The number of allylic oxidation sites excluding steroid dienone is 1. The molecule has 0 aromatic heterocycles. The Morgan fingerprint density at radius 3 is 2.23 bits per heavy atom. The average Bonchev–Trinajstić information content (AvgIpc) is 3.24. The van der Waals surface area contributed by atoms with Crippen molar-refractivity contribution in [2.45, 2.75) is 128 Å². The van der Waals surface area contributed by atoms with Crippen LogP contribution in [0.3, 0.4) is 0 Å². The van der Waals surface area contributed by atoms with Crippen LogP contribution in [0.5, 0.6) is 0 Å². The smallest absolute Gasteiger partial charge is 0.726 e. The molecule has 0 spiro atoms. The summed E-state index contributed by atoms with van der Waals surface area (Å²) in [5.41, 5.74) is -2.09. The Kier molecular flexibility index (Phi) is 12.6. The van der Waals surface area contributed by atoms with Gasteiger partial charge in [-0.2, -0.15) is 0 Å². The van der Waals surface area contributed by atoms with Gasteiger partial charge in [0.25, 0.3) is 0 Å². The number of hydrogen-bond acceptors (Lipinski definition) is 12. The fourth-order valence-corrected chi connectivity index (χ4v) is 10.9. The molecule has 4 aliphatic carbocycles. The fourth-order valence-electron chi connectivity index (χ4n) is 10.6. The quantitative estimate of drug-likeness (QED) is 0.0534. The summed E-state index contributed by atoms with van der Waals surface area (Å²) in [5.74, 6) is -0.969. The first kappa shape index (κ1) is 40.1. The van der Waals surface area contributed by atoms with Crippen molar-refractivity contribution in [3.63, 3.8) is 0 Å². The molecule has 0 bridgehead atoms. The van der Waals surface area contributed by atoms with Gasteiger partial charge in [-0.25, -0.2) is 8.42 Å². The molecule has 1 saturated heterocycles. The van der Waals surface area contributed by atoms with Gasteiger partial charge in [-0.1, -0.05) is 46.8 Å². The monoisotopic (exact) mass is 698 g/mol. The number of aliphatic hydroxyl groups is 6. The van der Waals surface area contributed by atoms with E-state index in [1.807, 2.05) is 26.0 Å². The second-order valence-electron chi connectivity index (χ2n) is 16.0. The predicted molar refractivity (Wildman–Crippen MR) is 164 cm³/mol. The maximum Gasteiger partial charge on any atom is 1.00 e. The van der Waals surface area contributed by atoms with Crippen molar-refractivity contribution < 1.29 is 86.8 Å².